The van der Waals surface area contributed by atoms with Gasteiger partial charge in [-0.3, -0.25) is 4.99 Å². The van der Waals surface area contributed by atoms with E-state index >= 15 is 0 Å². The number of benzene rings is 2. The van der Waals surface area contributed by atoms with E-state index in [2.05, 4.69) is 22.5 Å². The number of hydrogen-bond acceptors (Lipinski definition) is 4. The molecule has 0 saturated heterocycles. The fourth-order valence-electron chi connectivity index (χ4n) is 2.33. The summed E-state index contributed by atoms with van der Waals surface area (Å²) in [5, 5.41) is 6.53. The van der Waals surface area contributed by atoms with E-state index in [-0.39, 0.29) is 0 Å². The van der Waals surface area contributed by atoms with Crippen molar-refractivity contribution in [1.82, 2.24) is 10.6 Å². The molecule has 0 atom stereocenters. The molecule has 0 aliphatic rings. The van der Waals surface area contributed by atoms with Crippen molar-refractivity contribution < 1.29 is 14.2 Å². The van der Waals surface area contributed by atoms with Crippen molar-refractivity contribution >= 4 is 5.96 Å². The van der Waals surface area contributed by atoms with Gasteiger partial charge in [0.15, 0.2) is 5.96 Å². The zero-order valence-corrected chi connectivity index (χ0v) is 16.3. The molecule has 0 spiro atoms. The van der Waals surface area contributed by atoms with Crippen molar-refractivity contribution in [2.45, 2.75) is 13.5 Å². The Labute approximate surface area is 161 Å². The Morgan fingerprint density at radius 2 is 1.48 bits per heavy atom. The summed E-state index contributed by atoms with van der Waals surface area (Å²) in [4.78, 5) is 4.23. The molecule has 0 aliphatic carbocycles. The van der Waals surface area contributed by atoms with E-state index in [1.165, 1.54) is 5.56 Å². The smallest absolute Gasteiger partial charge is 0.191 e. The summed E-state index contributed by atoms with van der Waals surface area (Å²) in [5.41, 5.74) is 2.37. The van der Waals surface area contributed by atoms with Crippen molar-refractivity contribution in [3.05, 3.63) is 59.7 Å². The molecule has 0 unspecified atom stereocenters. The van der Waals surface area contributed by atoms with Crippen molar-refractivity contribution in [2.75, 3.05) is 40.5 Å². The molecule has 0 aromatic heterocycles. The zero-order valence-electron chi connectivity index (χ0n) is 16.3. The normalized spacial score (nSPS) is 11.1. The lowest BCUT2D eigenvalue weighted by Crippen LogP contribution is -2.38. The van der Waals surface area contributed by atoms with Crippen LogP contribution in [0.4, 0.5) is 0 Å². The van der Waals surface area contributed by atoms with Crippen LogP contribution in [0.1, 0.15) is 11.1 Å². The lowest BCUT2D eigenvalue weighted by atomic mass is 10.2. The van der Waals surface area contributed by atoms with Crippen LogP contribution in [0.5, 0.6) is 11.5 Å². The van der Waals surface area contributed by atoms with Gasteiger partial charge < -0.3 is 24.8 Å². The van der Waals surface area contributed by atoms with Gasteiger partial charge in [-0.05, 0) is 36.8 Å². The molecule has 0 radical (unpaired) electrons. The monoisotopic (exact) mass is 371 g/mol. The van der Waals surface area contributed by atoms with Gasteiger partial charge in [0.1, 0.15) is 24.7 Å². The van der Waals surface area contributed by atoms with Gasteiger partial charge in [-0.1, -0.05) is 29.8 Å². The number of hydrogen-bond donors (Lipinski definition) is 2. The van der Waals surface area contributed by atoms with Crippen LogP contribution in [0, 0.1) is 6.92 Å². The Morgan fingerprint density at radius 3 is 2.11 bits per heavy atom. The van der Waals surface area contributed by atoms with Crippen LogP contribution < -0.4 is 20.1 Å². The van der Waals surface area contributed by atoms with E-state index in [0.29, 0.717) is 32.9 Å². The second-order valence-corrected chi connectivity index (χ2v) is 6.00. The van der Waals surface area contributed by atoms with E-state index in [1.54, 1.807) is 14.2 Å². The molecule has 2 aromatic carbocycles. The number of nitrogens with one attached hydrogen (secondary N) is 2. The van der Waals surface area contributed by atoms with Gasteiger partial charge in [-0.2, -0.15) is 0 Å². The maximum Gasteiger partial charge on any atom is 0.191 e. The minimum atomic E-state index is 0.551. The first-order valence-corrected chi connectivity index (χ1v) is 9.06. The molecule has 0 heterocycles. The summed E-state index contributed by atoms with van der Waals surface area (Å²) in [5.74, 6) is 2.45. The number of nitrogens with zero attached hydrogens (tertiary/aromatic N) is 1. The van der Waals surface area contributed by atoms with Crippen molar-refractivity contribution in [1.29, 1.82) is 0 Å². The maximum atomic E-state index is 5.70. The van der Waals surface area contributed by atoms with Gasteiger partial charge in [0.25, 0.3) is 0 Å². The summed E-state index contributed by atoms with van der Waals surface area (Å²) in [6.07, 6.45) is 0. The van der Waals surface area contributed by atoms with Gasteiger partial charge in [0.2, 0.25) is 0 Å². The average molecular weight is 371 g/mol. The third kappa shape index (κ3) is 8.00. The molecule has 0 bridgehead atoms. The first kappa shape index (κ1) is 20.6. The topological polar surface area (TPSA) is 64.1 Å². The Balaban J connectivity index is 1.66. The van der Waals surface area contributed by atoms with E-state index in [0.717, 1.165) is 23.0 Å². The third-order valence-corrected chi connectivity index (χ3v) is 3.85. The number of aryl methyl sites for hydroxylation is 1. The number of ether oxygens (including phenoxy) is 3. The van der Waals surface area contributed by atoms with Gasteiger partial charge in [0.05, 0.1) is 13.2 Å². The molecule has 6 nitrogen and oxygen atoms in total. The van der Waals surface area contributed by atoms with Crippen LogP contribution in [0.15, 0.2) is 53.5 Å². The predicted molar refractivity (Wildman–Crippen MR) is 109 cm³/mol. The maximum absolute atomic E-state index is 5.70. The van der Waals surface area contributed by atoms with Gasteiger partial charge >= 0.3 is 0 Å². The predicted octanol–water partition coefficient (Wildman–Crippen LogP) is 2.76. The number of rotatable bonds is 10. The van der Waals surface area contributed by atoms with Crippen molar-refractivity contribution in [2.24, 2.45) is 4.99 Å². The van der Waals surface area contributed by atoms with Crippen LogP contribution in [0.25, 0.3) is 0 Å². The van der Waals surface area contributed by atoms with Crippen LogP contribution in [0.2, 0.25) is 0 Å². The fraction of sp³-hybridized carbons (Fsp3) is 0.381. The fourth-order valence-corrected chi connectivity index (χ4v) is 2.33. The quantitative estimate of drug-likeness (QED) is 0.382. The molecule has 2 aromatic rings. The van der Waals surface area contributed by atoms with Crippen LogP contribution >= 0.6 is 0 Å². The SMILES string of the molecule is CN=C(NCCOc1ccc(C)cc1)NCc1ccc(OCCOC)cc1. The summed E-state index contributed by atoms with van der Waals surface area (Å²) in [6, 6.07) is 16.0. The molecular weight excluding hydrogens is 342 g/mol. The Kier molecular flexibility index (Phi) is 9.00. The molecule has 0 amide bonds. The minimum Gasteiger partial charge on any atom is -0.492 e. The molecule has 0 fully saturated rings. The van der Waals surface area contributed by atoms with E-state index in [4.69, 9.17) is 14.2 Å². The van der Waals surface area contributed by atoms with Crippen LogP contribution in [-0.4, -0.2) is 46.5 Å². The largest absolute Gasteiger partial charge is 0.492 e. The molecule has 0 saturated carbocycles. The van der Waals surface area contributed by atoms with Crippen LogP contribution in [-0.2, 0) is 11.3 Å². The standard InChI is InChI=1S/C21H29N3O3/c1-17-4-8-19(9-5-17)26-13-12-23-21(22-2)24-16-18-6-10-20(11-7-18)27-15-14-25-3/h4-11H,12-16H2,1-3H3,(H2,22,23,24). The highest BCUT2D eigenvalue weighted by Crippen LogP contribution is 2.12. The number of guanidine groups is 1. The average Bonchev–Trinajstić information content (AvgIpc) is 2.70. The van der Waals surface area contributed by atoms with Gasteiger partial charge in [-0.15, -0.1) is 0 Å². The summed E-state index contributed by atoms with van der Waals surface area (Å²) < 4.78 is 16.2. The molecular formula is C21H29N3O3. The molecule has 146 valence electrons. The minimum absolute atomic E-state index is 0.551. The third-order valence-electron chi connectivity index (χ3n) is 3.85. The summed E-state index contributed by atoms with van der Waals surface area (Å²) in [6.45, 7) is 5.10. The van der Waals surface area contributed by atoms with Crippen LogP contribution in [0.3, 0.4) is 0 Å². The zero-order chi connectivity index (χ0) is 19.3. The number of methoxy groups -OCH3 is 1. The van der Waals surface area contributed by atoms with Gasteiger partial charge in [-0.25, -0.2) is 0 Å². The lowest BCUT2D eigenvalue weighted by molar-refractivity contribution is 0.146. The number of aliphatic imine (C=N–C) groups is 1. The Bertz CT molecular complexity index is 685. The highest BCUT2D eigenvalue weighted by Gasteiger charge is 2.00. The highest BCUT2D eigenvalue weighted by atomic mass is 16.5. The molecule has 0 aliphatic heterocycles. The molecule has 2 rings (SSSR count). The summed E-state index contributed by atoms with van der Waals surface area (Å²) in [7, 11) is 3.41. The first-order chi connectivity index (χ1) is 13.2. The van der Waals surface area contributed by atoms with E-state index < -0.39 is 0 Å². The van der Waals surface area contributed by atoms with E-state index in [1.807, 2.05) is 48.5 Å². The first-order valence-electron chi connectivity index (χ1n) is 9.06. The summed E-state index contributed by atoms with van der Waals surface area (Å²) >= 11 is 0. The molecule has 27 heavy (non-hydrogen) atoms. The Hall–Kier alpha value is -2.73. The highest BCUT2D eigenvalue weighted by molar-refractivity contribution is 5.79. The second kappa shape index (κ2) is 11.8. The van der Waals surface area contributed by atoms with Gasteiger partial charge in [0, 0.05) is 20.7 Å². The lowest BCUT2D eigenvalue weighted by Gasteiger charge is -2.13. The molecule has 2 N–H and O–H groups in total. The van der Waals surface area contributed by atoms with Crippen molar-refractivity contribution in [3.63, 3.8) is 0 Å². The second-order valence-electron chi connectivity index (χ2n) is 6.00. The van der Waals surface area contributed by atoms with E-state index in [9.17, 15) is 0 Å². The molecule has 6 heteroatoms. The Morgan fingerprint density at radius 1 is 0.852 bits per heavy atom. The van der Waals surface area contributed by atoms with Crippen molar-refractivity contribution in [3.8, 4) is 11.5 Å².